The van der Waals surface area contributed by atoms with Crippen LogP contribution in [0.1, 0.15) is 5.82 Å². The summed E-state index contributed by atoms with van der Waals surface area (Å²) in [6.07, 6.45) is 3.51. The number of nitrogens with zero attached hydrogens (tertiary/aromatic N) is 4. The highest BCUT2D eigenvalue weighted by molar-refractivity contribution is 6.06. The standard InChI is InChI=1S/C11H11N5/c1-6-14-9-10(16(6)2)7-5-13-4-3-8(7)15-11(9)12/h3-5H,1-2H3,(H2,12,15). The van der Waals surface area contributed by atoms with Crippen LogP contribution in [0.15, 0.2) is 18.5 Å². The number of fused-ring (bicyclic) bond motifs is 3. The van der Waals surface area contributed by atoms with E-state index >= 15 is 0 Å². The molecule has 0 aliphatic carbocycles. The van der Waals surface area contributed by atoms with E-state index in [0.717, 1.165) is 27.8 Å². The van der Waals surface area contributed by atoms with Gasteiger partial charge in [-0.05, 0) is 13.0 Å². The van der Waals surface area contributed by atoms with Crippen LogP contribution >= 0.6 is 0 Å². The Morgan fingerprint density at radius 1 is 1.31 bits per heavy atom. The van der Waals surface area contributed by atoms with Gasteiger partial charge in [-0.25, -0.2) is 9.97 Å². The highest BCUT2D eigenvalue weighted by atomic mass is 15.1. The van der Waals surface area contributed by atoms with Crippen LogP contribution in [0.5, 0.6) is 0 Å². The second-order valence-corrected chi connectivity index (χ2v) is 3.81. The maximum absolute atomic E-state index is 5.90. The topological polar surface area (TPSA) is 69.6 Å². The van der Waals surface area contributed by atoms with Gasteiger partial charge in [-0.1, -0.05) is 0 Å². The molecule has 0 atom stereocenters. The molecule has 0 radical (unpaired) electrons. The predicted molar refractivity (Wildman–Crippen MR) is 63.0 cm³/mol. The number of nitrogen functional groups attached to an aromatic ring is 1. The van der Waals surface area contributed by atoms with Crippen molar-refractivity contribution in [2.24, 2.45) is 7.05 Å². The average molecular weight is 213 g/mol. The van der Waals surface area contributed by atoms with Gasteiger partial charge in [0.25, 0.3) is 0 Å². The molecule has 0 aliphatic rings. The molecular formula is C11H11N5. The van der Waals surface area contributed by atoms with Crippen molar-refractivity contribution in [2.45, 2.75) is 6.92 Å². The van der Waals surface area contributed by atoms with Crippen molar-refractivity contribution in [2.75, 3.05) is 5.73 Å². The van der Waals surface area contributed by atoms with Crippen LogP contribution in [0.4, 0.5) is 5.82 Å². The van der Waals surface area contributed by atoms with Gasteiger partial charge in [0.15, 0.2) is 5.82 Å². The van der Waals surface area contributed by atoms with E-state index in [2.05, 4.69) is 15.0 Å². The Bertz CT molecular complexity index is 698. The van der Waals surface area contributed by atoms with Crippen LogP contribution < -0.4 is 5.73 Å². The smallest absolute Gasteiger partial charge is 0.152 e. The zero-order chi connectivity index (χ0) is 11.3. The zero-order valence-corrected chi connectivity index (χ0v) is 9.10. The van der Waals surface area contributed by atoms with E-state index in [0.29, 0.717) is 5.82 Å². The van der Waals surface area contributed by atoms with Crippen molar-refractivity contribution < 1.29 is 0 Å². The summed E-state index contributed by atoms with van der Waals surface area (Å²) < 4.78 is 2.01. The van der Waals surface area contributed by atoms with Crippen LogP contribution in [0.25, 0.3) is 21.9 Å². The largest absolute Gasteiger partial charge is 0.382 e. The molecule has 0 aromatic carbocycles. The quantitative estimate of drug-likeness (QED) is 0.613. The number of rotatable bonds is 0. The molecule has 16 heavy (non-hydrogen) atoms. The summed E-state index contributed by atoms with van der Waals surface area (Å²) in [6, 6.07) is 1.85. The monoisotopic (exact) mass is 213 g/mol. The second kappa shape index (κ2) is 2.91. The van der Waals surface area contributed by atoms with Crippen LogP contribution in [-0.2, 0) is 7.05 Å². The lowest BCUT2D eigenvalue weighted by atomic mass is 10.2. The molecule has 3 rings (SSSR count). The molecule has 5 nitrogen and oxygen atoms in total. The third kappa shape index (κ3) is 1.02. The summed E-state index contributed by atoms with van der Waals surface area (Å²) in [5.41, 5.74) is 8.49. The normalized spacial score (nSPS) is 11.4. The van der Waals surface area contributed by atoms with E-state index in [9.17, 15) is 0 Å². The average Bonchev–Trinajstić information content (AvgIpc) is 2.57. The number of hydrogen-bond acceptors (Lipinski definition) is 4. The highest BCUT2D eigenvalue weighted by Gasteiger charge is 2.12. The number of nitrogens with two attached hydrogens (primary N) is 1. The molecule has 0 fully saturated rings. The van der Waals surface area contributed by atoms with Crippen molar-refractivity contribution in [3.63, 3.8) is 0 Å². The van der Waals surface area contributed by atoms with Gasteiger partial charge in [-0.3, -0.25) is 4.98 Å². The van der Waals surface area contributed by atoms with E-state index in [1.54, 1.807) is 12.4 Å². The fraction of sp³-hybridized carbons (Fsp3) is 0.182. The number of imidazole rings is 1. The minimum absolute atomic E-state index is 0.470. The first-order valence-corrected chi connectivity index (χ1v) is 5.00. The Labute approximate surface area is 91.9 Å². The zero-order valence-electron chi connectivity index (χ0n) is 9.10. The number of aryl methyl sites for hydroxylation is 2. The summed E-state index contributed by atoms with van der Waals surface area (Å²) in [5.74, 6) is 1.39. The molecule has 3 aromatic rings. The first-order valence-electron chi connectivity index (χ1n) is 5.00. The fourth-order valence-electron chi connectivity index (χ4n) is 1.95. The van der Waals surface area contributed by atoms with Crippen LogP contribution in [0.2, 0.25) is 0 Å². The molecule has 80 valence electrons. The number of hydrogen-bond donors (Lipinski definition) is 1. The summed E-state index contributed by atoms with van der Waals surface area (Å²) in [6.45, 7) is 1.95. The Kier molecular flexibility index (Phi) is 1.65. The van der Waals surface area contributed by atoms with Crippen LogP contribution in [0.3, 0.4) is 0 Å². The molecule has 0 bridgehead atoms. The summed E-state index contributed by atoms with van der Waals surface area (Å²) in [4.78, 5) is 12.9. The molecule has 0 unspecified atom stereocenters. The molecule has 0 saturated carbocycles. The number of anilines is 1. The lowest BCUT2D eigenvalue weighted by Crippen LogP contribution is -1.95. The van der Waals surface area contributed by atoms with Crippen molar-refractivity contribution in [1.29, 1.82) is 0 Å². The van der Waals surface area contributed by atoms with Crippen molar-refractivity contribution >= 4 is 27.8 Å². The van der Waals surface area contributed by atoms with E-state index in [-0.39, 0.29) is 0 Å². The van der Waals surface area contributed by atoms with E-state index in [4.69, 9.17) is 5.73 Å². The van der Waals surface area contributed by atoms with Crippen molar-refractivity contribution in [3.8, 4) is 0 Å². The first kappa shape index (κ1) is 9.08. The van der Waals surface area contributed by atoms with Gasteiger partial charge >= 0.3 is 0 Å². The minimum atomic E-state index is 0.470. The van der Waals surface area contributed by atoms with E-state index < -0.39 is 0 Å². The Hall–Kier alpha value is -2.17. The Balaban J connectivity index is 2.67. The number of aromatic nitrogens is 4. The molecule has 0 amide bonds. The Morgan fingerprint density at radius 2 is 2.12 bits per heavy atom. The SMILES string of the molecule is Cc1nc2c(N)nc3ccncc3c2n1C. The molecule has 3 heterocycles. The lowest BCUT2D eigenvalue weighted by molar-refractivity contribution is 0.888. The summed E-state index contributed by atoms with van der Waals surface area (Å²) >= 11 is 0. The van der Waals surface area contributed by atoms with Gasteiger partial charge in [-0.15, -0.1) is 0 Å². The van der Waals surface area contributed by atoms with Gasteiger partial charge < -0.3 is 10.3 Å². The summed E-state index contributed by atoms with van der Waals surface area (Å²) in [5, 5.41) is 0.981. The minimum Gasteiger partial charge on any atom is -0.382 e. The molecule has 3 aromatic heterocycles. The van der Waals surface area contributed by atoms with E-state index in [1.807, 2.05) is 24.6 Å². The molecule has 2 N–H and O–H groups in total. The van der Waals surface area contributed by atoms with Gasteiger partial charge in [0, 0.05) is 24.8 Å². The molecule has 0 aliphatic heterocycles. The summed E-state index contributed by atoms with van der Waals surface area (Å²) in [7, 11) is 1.97. The van der Waals surface area contributed by atoms with Crippen molar-refractivity contribution in [3.05, 3.63) is 24.3 Å². The van der Waals surface area contributed by atoms with Crippen LogP contribution in [0, 0.1) is 6.92 Å². The predicted octanol–water partition coefficient (Wildman–Crippen LogP) is 1.41. The molecule has 0 saturated heterocycles. The highest BCUT2D eigenvalue weighted by Crippen LogP contribution is 2.26. The molecule has 0 spiro atoms. The van der Waals surface area contributed by atoms with Crippen molar-refractivity contribution in [1.82, 2.24) is 19.5 Å². The maximum atomic E-state index is 5.90. The molecule has 5 heteroatoms. The second-order valence-electron chi connectivity index (χ2n) is 3.81. The maximum Gasteiger partial charge on any atom is 0.152 e. The molecular weight excluding hydrogens is 202 g/mol. The first-order chi connectivity index (χ1) is 7.68. The fourth-order valence-corrected chi connectivity index (χ4v) is 1.95. The lowest BCUT2D eigenvalue weighted by Gasteiger charge is -2.02. The van der Waals surface area contributed by atoms with Gasteiger partial charge in [0.2, 0.25) is 0 Å². The van der Waals surface area contributed by atoms with Crippen LogP contribution in [-0.4, -0.2) is 19.5 Å². The van der Waals surface area contributed by atoms with Gasteiger partial charge in [0.05, 0.1) is 11.0 Å². The number of pyridine rings is 2. The van der Waals surface area contributed by atoms with E-state index in [1.165, 1.54) is 0 Å². The third-order valence-electron chi connectivity index (χ3n) is 2.86. The van der Waals surface area contributed by atoms with Gasteiger partial charge in [-0.2, -0.15) is 0 Å². The third-order valence-corrected chi connectivity index (χ3v) is 2.86. The van der Waals surface area contributed by atoms with Gasteiger partial charge in [0.1, 0.15) is 11.3 Å². The Morgan fingerprint density at radius 3 is 2.94 bits per heavy atom.